The van der Waals surface area contributed by atoms with Gasteiger partial charge >= 0.3 is 0 Å². The average molecular weight is 312 g/mol. The van der Waals surface area contributed by atoms with Gasteiger partial charge in [0.25, 0.3) is 0 Å². The van der Waals surface area contributed by atoms with Crippen LogP contribution in [-0.2, 0) is 14.3 Å². The molecule has 1 aliphatic rings. The van der Waals surface area contributed by atoms with Crippen molar-refractivity contribution in [3.63, 3.8) is 0 Å². The first kappa shape index (κ1) is 15.5. The van der Waals surface area contributed by atoms with Gasteiger partial charge in [-0.1, -0.05) is 36.4 Å². The lowest BCUT2D eigenvalue weighted by molar-refractivity contribution is -0.126. The molecule has 5 heteroatoms. The zero-order valence-electron chi connectivity index (χ0n) is 13.1. The summed E-state index contributed by atoms with van der Waals surface area (Å²) < 4.78 is 4.92. The van der Waals surface area contributed by atoms with Crippen LogP contribution in [0.5, 0.6) is 0 Å². The largest absolute Gasteiger partial charge is 0.383 e. The zero-order valence-corrected chi connectivity index (χ0v) is 13.1. The summed E-state index contributed by atoms with van der Waals surface area (Å²) in [6, 6.07) is 13.9. The lowest BCUT2D eigenvalue weighted by Gasteiger charge is -2.19. The van der Waals surface area contributed by atoms with Crippen molar-refractivity contribution in [2.45, 2.75) is 6.42 Å². The van der Waals surface area contributed by atoms with Crippen molar-refractivity contribution < 1.29 is 14.3 Å². The molecule has 120 valence electrons. The van der Waals surface area contributed by atoms with Crippen LogP contribution in [-0.4, -0.2) is 38.6 Å². The van der Waals surface area contributed by atoms with Crippen molar-refractivity contribution in [2.75, 3.05) is 31.7 Å². The highest BCUT2D eigenvalue weighted by Crippen LogP contribution is 2.31. The summed E-state index contributed by atoms with van der Waals surface area (Å²) >= 11 is 0. The van der Waals surface area contributed by atoms with Crippen molar-refractivity contribution >= 4 is 28.3 Å². The number of rotatable bonds is 5. The quantitative estimate of drug-likeness (QED) is 0.859. The molecule has 2 aromatic rings. The van der Waals surface area contributed by atoms with Gasteiger partial charge in [0, 0.05) is 32.0 Å². The van der Waals surface area contributed by atoms with Crippen LogP contribution >= 0.6 is 0 Å². The standard InChI is InChI=1S/C18H20N2O3/c1-23-10-9-19-18(22)14-11-17(21)20(12-14)16-8-4-6-13-5-2-3-7-15(13)16/h2-8,14H,9-12H2,1H3,(H,19,22)/t14-/m0/s1. The van der Waals surface area contributed by atoms with Crippen molar-refractivity contribution in [1.29, 1.82) is 0 Å². The number of fused-ring (bicyclic) bond motifs is 1. The summed E-state index contributed by atoms with van der Waals surface area (Å²) in [5, 5.41) is 4.93. The molecule has 1 saturated heterocycles. The van der Waals surface area contributed by atoms with Crippen molar-refractivity contribution in [1.82, 2.24) is 5.32 Å². The maximum Gasteiger partial charge on any atom is 0.227 e. The fourth-order valence-corrected chi connectivity index (χ4v) is 2.98. The molecule has 1 heterocycles. The molecule has 1 aliphatic heterocycles. The van der Waals surface area contributed by atoms with Gasteiger partial charge in [-0.2, -0.15) is 0 Å². The number of carbonyl (C=O) groups excluding carboxylic acids is 2. The molecule has 0 unspecified atom stereocenters. The lowest BCUT2D eigenvalue weighted by atomic mass is 10.1. The van der Waals surface area contributed by atoms with Crippen LogP contribution in [0.15, 0.2) is 42.5 Å². The number of ether oxygens (including phenoxy) is 1. The minimum atomic E-state index is -0.307. The third-order valence-corrected chi connectivity index (χ3v) is 4.16. The minimum absolute atomic E-state index is 0.00626. The van der Waals surface area contributed by atoms with Gasteiger partial charge < -0.3 is 15.0 Å². The number of hydrogen-bond donors (Lipinski definition) is 1. The monoisotopic (exact) mass is 312 g/mol. The van der Waals surface area contributed by atoms with Gasteiger partial charge in [-0.3, -0.25) is 9.59 Å². The van der Waals surface area contributed by atoms with Crippen LogP contribution in [0.3, 0.4) is 0 Å². The molecule has 0 bridgehead atoms. The maximum atomic E-state index is 12.4. The number of benzene rings is 2. The Hall–Kier alpha value is -2.40. The van der Waals surface area contributed by atoms with E-state index < -0.39 is 0 Å². The predicted octanol–water partition coefficient (Wildman–Crippen LogP) is 1.96. The van der Waals surface area contributed by atoms with Gasteiger partial charge in [-0.15, -0.1) is 0 Å². The van der Waals surface area contributed by atoms with Crippen molar-refractivity contribution in [3.8, 4) is 0 Å². The molecular weight excluding hydrogens is 292 g/mol. The van der Waals surface area contributed by atoms with Gasteiger partial charge in [0.1, 0.15) is 0 Å². The molecule has 1 atom stereocenters. The highest BCUT2D eigenvalue weighted by atomic mass is 16.5. The van der Waals surface area contributed by atoms with Crippen LogP contribution < -0.4 is 10.2 Å². The van der Waals surface area contributed by atoms with Crippen LogP contribution in [0.4, 0.5) is 5.69 Å². The summed E-state index contributed by atoms with van der Waals surface area (Å²) in [5.41, 5.74) is 0.875. The van der Waals surface area contributed by atoms with E-state index in [1.54, 1.807) is 12.0 Å². The van der Waals surface area contributed by atoms with Gasteiger partial charge in [0.2, 0.25) is 11.8 Å². The number of carbonyl (C=O) groups is 2. The molecule has 0 saturated carbocycles. The Morgan fingerprint density at radius 2 is 2.04 bits per heavy atom. The maximum absolute atomic E-state index is 12.4. The minimum Gasteiger partial charge on any atom is -0.383 e. The van der Waals surface area contributed by atoms with E-state index in [4.69, 9.17) is 4.74 Å². The molecule has 2 aromatic carbocycles. The van der Waals surface area contributed by atoms with E-state index >= 15 is 0 Å². The summed E-state index contributed by atoms with van der Waals surface area (Å²) in [4.78, 5) is 26.3. The molecular formula is C18H20N2O3. The second-order valence-corrected chi connectivity index (χ2v) is 5.69. The van der Waals surface area contributed by atoms with E-state index in [0.29, 0.717) is 19.7 Å². The average Bonchev–Trinajstić information content (AvgIpc) is 2.96. The summed E-state index contributed by atoms with van der Waals surface area (Å²) in [6.07, 6.45) is 0.252. The number of nitrogens with zero attached hydrogens (tertiary/aromatic N) is 1. The first-order valence-electron chi connectivity index (χ1n) is 7.75. The molecule has 23 heavy (non-hydrogen) atoms. The number of anilines is 1. The fourth-order valence-electron chi connectivity index (χ4n) is 2.98. The van der Waals surface area contributed by atoms with E-state index in [-0.39, 0.29) is 24.2 Å². The third kappa shape index (κ3) is 3.19. The predicted molar refractivity (Wildman–Crippen MR) is 89.3 cm³/mol. The van der Waals surface area contributed by atoms with E-state index in [1.807, 2.05) is 42.5 Å². The van der Waals surface area contributed by atoms with Gasteiger partial charge in [-0.05, 0) is 11.5 Å². The van der Waals surface area contributed by atoms with Crippen LogP contribution in [0, 0.1) is 5.92 Å². The van der Waals surface area contributed by atoms with Crippen molar-refractivity contribution in [2.24, 2.45) is 5.92 Å². The number of hydrogen-bond acceptors (Lipinski definition) is 3. The smallest absolute Gasteiger partial charge is 0.227 e. The van der Waals surface area contributed by atoms with Crippen LogP contribution in [0.2, 0.25) is 0 Å². The SMILES string of the molecule is COCCNC(=O)[C@H]1CC(=O)N(c2cccc3ccccc23)C1. The highest BCUT2D eigenvalue weighted by molar-refractivity contribution is 6.06. The summed E-state index contributed by atoms with van der Waals surface area (Å²) in [5.74, 6) is -0.398. The van der Waals surface area contributed by atoms with E-state index in [2.05, 4.69) is 5.32 Å². The Morgan fingerprint density at radius 1 is 1.26 bits per heavy atom. The Balaban J connectivity index is 1.78. The third-order valence-electron chi connectivity index (χ3n) is 4.16. The Kier molecular flexibility index (Phi) is 4.57. The molecule has 1 fully saturated rings. The Labute approximate surface area is 135 Å². The number of amides is 2. The molecule has 0 aliphatic carbocycles. The molecule has 1 N–H and O–H groups in total. The first-order valence-corrected chi connectivity index (χ1v) is 7.75. The van der Waals surface area contributed by atoms with E-state index in [9.17, 15) is 9.59 Å². The lowest BCUT2D eigenvalue weighted by Crippen LogP contribution is -2.34. The molecule has 5 nitrogen and oxygen atoms in total. The molecule has 2 amide bonds. The zero-order chi connectivity index (χ0) is 16.2. The Bertz CT molecular complexity index is 724. The Morgan fingerprint density at radius 3 is 2.87 bits per heavy atom. The van der Waals surface area contributed by atoms with Gasteiger partial charge in [0.05, 0.1) is 18.2 Å². The molecule has 0 spiro atoms. The van der Waals surface area contributed by atoms with Crippen molar-refractivity contribution in [3.05, 3.63) is 42.5 Å². The van der Waals surface area contributed by atoms with E-state index in [0.717, 1.165) is 16.5 Å². The normalized spacial score (nSPS) is 17.7. The first-order chi connectivity index (χ1) is 11.2. The topological polar surface area (TPSA) is 58.6 Å². The van der Waals surface area contributed by atoms with Crippen LogP contribution in [0.25, 0.3) is 10.8 Å². The van der Waals surface area contributed by atoms with E-state index in [1.165, 1.54) is 0 Å². The van der Waals surface area contributed by atoms with Gasteiger partial charge in [-0.25, -0.2) is 0 Å². The second-order valence-electron chi connectivity index (χ2n) is 5.69. The fraction of sp³-hybridized carbons (Fsp3) is 0.333. The molecule has 0 radical (unpaired) electrons. The summed E-state index contributed by atoms with van der Waals surface area (Å²) in [6.45, 7) is 1.36. The molecule has 3 rings (SSSR count). The van der Waals surface area contributed by atoms with Crippen LogP contribution in [0.1, 0.15) is 6.42 Å². The second kappa shape index (κ2) is 6.79. The molecule has 0 aromatic heterocycles. The number of methoxy groups -OCH3 is 1. The number of nitrogens with one attached hydrogen (secondary N) is 1. The summed E-state index contributed by atoms with van der Waals surface area (Å²) in [7, 11) is 1.59. The van der Waals surface area contributed by atoms with Gasteiger partial charge in [0.15, 0.2) is 0 Å². The highest BCUT2D eigenvalue weighted by Gasteiger charge is 2.35.